The van der Waals surface area contributed by atoms with Crippen LogP contribution in [0.15, 0.2) is 0 Å². The van der Waals surface area contributed by atoms with Gasteiger partial charge in [-0.3, -0.25) is 4.79 Å². The number of carbonyl (C=O) groups excluding carboxylic acids is 1. The summed E-state index contributed by atoms with van der Waals surface area (Å²) >= 11 is 1.73. The first-order valence-electron chi connectivity index (χ1n) is 4.61. The summed E-state index contributed by atoms with van der Waals surface area (Å²) in [4.78, 5) is 11.2. The molecule has 0 aromatic heterocycles. The molecule has 0 aliphatic heterocycles. The quantitative estimate of drug-likeness (QED) is 0.727. The average Bonchev–Trinajstić information content (AvgIpc) is 2.53. The molecule has 1 amide bonds. The third-order valence-electron chi connectivity index (χ3n) is 2.25. The first-order valence-corrected chi connectivity index (χ1v) is 6.00. The number of thioether (sulfide) groups is 1. The van der Waals surface area contributed by atoms with Gasteiger partial charge in [-0.25, -0.2) is 0 Å². The Labute approximate surface area is 78.5 Å². The minimum atomic E-state index is 0.233. The Morgan fingerprint density at radius 1 is 1.50 bits per heavy atom. The Bertz CT molecular complexity index is 143. The van der Waals surface area contributed by atoms with Crippen molar-refractivity contribution in [1.82, 2.24) is 5.32 Å². The minimum absolute atomic E-state index is 0.233. The highest BCUT2D eigenvalue weighted by Crippen LogP contribution is 2.17. The molecule has 0 radical (unpaired) electrons. The summed E-state index contributed by atoms with van der Waals surface area (Å²) in [7, 11) is 0. The number of rotatable bonds is 4. The van der Waals surface area contributed by atoms with Gasteiger partial charge in [0.25, 0.3) is 0 Å². The highest BCUT2D eigenvalue weighted by molar-refractivity contribution is 7.98. The Morgan fingerprint density at radius 2 is 2.17 bits per heavy atom. The maximum atomic E-state index is 11.2. The van der Waals surface area contributed by atoms with E-state index in [1.165, 1.54) is 25.7 Å². The van der Waals surface area contributed by atoms with Crippen molar-refractivity contribution in [3.8, 4) is 0 Å². The number of amides is 1. The third-order valence-corrected chi connectivity index (χ3v) is 2.87. The summed E-state index contributed by atoms with van der Waals surface area (Å²) in [6.07, 6.45) is 7.65. The molecule has 1 aliphatic rings. The zero-order valence-electron chi connectivity index (χ0n) is 7.64. The van der Waals surface area contributed by atoms with E-state index < -0.39 is 0 Å². The lowest BCUT2D eigenvalue weighted by Crippen LogP contribution is -2.32. The fraction of sp³-hybridized carbons (Fsp3) is 0.889. The lowest BCUT2D eigenvalue weighted by atomic mass is 10.2. The van der Waals surface area contributed by atoms with Crippen molar-refractivity contribution < 1.29 is 4.79 Å². The van der Waals surface area contributed by atoms with E-state index >= 15 is 0 Å². The molecule has 70 valence electrons. The molecule has 0 atom stereocenters. The van der Waals surface area contributed by atoms with Crippen LogP contribution >= 0.6 is 11.8 Å². The van der Waals surface area contributed by atoms with E-state index in [4.69, 9.17) is 0 Å². The normalized spacial score (nSPS) is 18.1. The third kappa shape index (κ3) is 3.48. The molecule has 1 N–H and O–H groups in total. The second kappa shape index (κ2) is 5.46. The van der Waals surface area contributed by atoms with Crippen molar-refractivity contribution >= 4 is 17.7 Å². The minimum Gasteiger partial charge on any atom is -0.353 e. The molecule has 2 nitrogen and oxygen atoms in total. The highest BCUT2D eigenvalue weighted by Gasteiger charge is 2.16. The van der Waals surface area contributed by atoms with Crippen LogP contribution in [0.2, 0.25) is 0 Å². The van der Waals surface area contributed by atoms with Crippen LogP contribution in [0.3, 0.4) is 0 Å². The van der Waals surface area contributed by atoms with E-state index in [0.717, 1.165) is 5.75 Å². The van der Waals surface area contributed by atoms with Crippen LogP contribution in [0.4, 0.5) is 0 Å². The van der Waals surface area contributed by atoms with Crippen molar-refractivity contribution in [2.45, 2.75) is 38.1 Å². The summed E-state index contributed by atoms with van der Waals surface area (Å²) in [5.41, 5.74) is 0. The van der Waals surface area contributed by atoms with Crippen molar-refractivity contribution in [3.63, 3.8) is 0 Å². The monoisotopic (exact) mass is 187 g/mol. The molecule has 0 aromatic rings. The molecule has 1 fully saturated rings. The fourth-order valence-corrected chi connectivity index (χ4v) is 1.95. The molecule has 0 saturated heterocycles. The van der Waals surface area contributed by atoms with E-state index in [1.807, 2.05) is 6.26 Å². The maximum absolute atomic E-state index is 11.2. The molecule has 12 heavy (non-hydrogen) atoms. The number of hydrogen-bond donors (Lipinski definition) is 1. The predicted octanol–water partition coefficient (Wildman–Crippen LogP) is 1.80. The summed E-state index contributed by atoms with van der Waals surface area (Å²) in [5.74, 6) is 1.18. The van der Waals surface area contributed by atoms with Crippen LogP contribution in [0.25, 0.3) is 0 Å². The largest absolute Gasteiger partial charge is 0.353 e. The summed E-state index contributed by atoms with van der Waals surface area (Å²) < 4.78 is 0. The average molecular weight is 187 g/mol. The summed E-state index contributed by atoms with van der Waals surface area (Å²) in [6, 6.07) is 0.486. The van der Waals surface area contributed by atoms with Gasteiger partial charge in [0.15, 0.2) is 0 Å². The molecule has 0 unspecified atom stereocenters. The predicted molar refractivity (Wildman–Crippen MR) is 53.4 cm³/mol. The van der Waals surface area contributed by atoms with Gasteiger partial charge in [-0.15, -0.1) is 0 Å². The van der Waals surface area contributed by atoms with Gasteiger partial charge in [0, 0.05) is 18.2 Å². The highest BCUT2D eigenvalue weighted by atomic mass is 32.2. The van der Waals surface area contributed by atoms with Crippen LogP contribution < -0.4 is 5.32 Å². The standard InChI is InChI=1S/C9H17NOS/c1-12-7-6-9(11)10-8-4-2-3-5-8/h8H,2-7H2,1H3,(H,10,11). The van der Waals surface area contributed by atoms with Gasteiger partial charge in [-0.1, -0.05) is 12.8 Å². The van der Waals surface area contributed by atoms with Crippen LogP contribution in [-0.2, 0) is 4.79 Å². The van der Waals surface area contributed by atoms with Gasteiger partial charge < -0.3 is 5.32 Å². The van der Waals surface area contributed by atoms with Gasteiger partial charge in [-0.2, -0.15) is 11.8 Å². The molecule has 1 saturated carbocycles. The van der Waals surface area contributed by atoms with E-state index in [1.54, 1.807) is 11.8 Å². The smallest absolute Gasteiger partial charge is 0.221 e. The van der Waals surface area contributed by atoms with E-state index in [-0.39, 0.29) is 5.91 Å². The van der Waals surface area contributed by atoms with Gasteiger partial charge >= 0.3 is 0 Å². The second-order valence-electron chi connectivity index (χ2n) is 3.29. The van der Waals surface area contributed by atoms with Gasteiger partial charge in [-0.05, 0) is 19.1 Å². The Hall–Kier alpha value is -0.180. The molecule has 0 aromatic carbocycles. The molecule has 1 rings (SSSR count). The number of nitrogens with one attached hydrogen (secondary N) is 1. The summed E-state index contributed by atoms with van der Waals surface area (Å²) in [5, 5.41) is 3.06. The van der Waals surface area contributed by atoms with Crippen LogP contribution in [0, 0.1) is 0 Å². The van der Waals surface area contributed by atoms with Gasteiger partial charge in [0.1, 0.15) is 0 Å². The van der Waals surface area contributed by atoms with E-state index in [0.29, 0.717) is 12.5 Å². The van der Waals surface area contributed by atoms with Crippen molar-refractivity contribution in [2.75, 3.05) is 12.0 Å². The molecular formula is C9H17NOS. The van der Waals surface area contributed by atoms with Crippen LogP contribution in [0.1, 0.15) is 32.1 Å². The van der Waals surface area contributed by atoms with E-state index in [9.17, 15) is 4.79 Å². The first kappa shape index (κ1) is 9.90. The first-order chi connectivity index (χ1) is 5.83. The summed E-state index contributed by atoms with van der Waals surface area (Å²) in [6.45, 7) is 0. The lowest BCUT2D eigenvalue weighted by Gasteiger charge is -2.10. The molecule has 0 heterocycles. The van der Waals surface area contributed by atoms with Gasteiger partial charge in [0.05, 0.1) is 0 Å². The second-order valence-corrected chi connectivity index (χ2v) is 4.28. The zero-order valence-corrected chi connectivity index (χ0v) is 8.45. The lowest BCUT2D eigenvalue weighted by molar-refractivity contribution is -0.121. The topological polar surface area (TPSA) is 29.1 Å². The van der Waals surface area contributed by atoms with Crippen molar-refractivity contribution in [1.29, 1.82) is 0 Å². The SMILES string of the molecule is CSCCC(=O)NC1CCCC1. The molecular weight excluding hydrogens is 170 g/mol. The Kier molecular flexibility index (Phi) is 4.51. The number of carbonyl (C=O) groups is 1. The molecule has 0 spiro atoms. The zero-order chi connectivity index (χ0) is 8.81. The van der Waals surface area contributed by atoms with Crippen LogP contribution in [-0.4, -0.2) is 24.0 Å². The number of hydrogen-bond acceptors (Lipinski definition) is 2. The molecule has 0 bridgehead atoms. The Morgan fingerprint density at radius 3 is 2.75 bits per heavy atom. The Balaban J connectivity index is 2.08. The van der Waals surface area contributed by atoms with Crippen LogP contribution in [0.5, 0.6) is 0 Å². The van der Waals surface area contributed by atoms with Crippen molar-refractivity contribution in [3.05, 3.63) is 0 Å². The van der Waals surface area contributed by atoms with Crippen molar-refractivity contribution in [2.24, 2.45) is 0 Å². The maximum Gasteiger partial charge on any atom is 0.221 e. The fourth-order valence-electron chi connectivity index (χ4n) is 1.56. The molecule has 1 aliphatic carbocycles. The van der Waals surface area contributed by atoms with Gasteiger partial charge in [0.2, 0.25) is 5.91 Å². The van der Waals surface area contributed by atoms with E-state index in [2.05, 4.69) is 5.32 Å². The molecule has 3 heteroatoms.